The van der Waals surface area contributed by atoms with Crippen molar-refractivity contribution < 1.29 is 14.7 Å². The Morgan fingerprint density at radius 2 is 2.29 bits per heavy atom. The Kier molecular flexibility index (Phi) is 3.11. The zero-order valence-electron chi connectivity index (χ0n) is 7.47. The molecule has 0 fully saturated rings. The first-order chi connectivity index (χ1) is 6.61. The number of aromatic nitrogens is 2. The summed E-state index contributed by atoms with van der Waals surface area (Å²) in [4.78, 5) is 21.7. The molecule has 0 saturated heterocycles. The number of carboxylic acids is 1. The van der Waals surface area contributed by atoms with Crippen LogP contribution in [-0.2, 0) is 4.79 Å². The summed E-state index contributed by atoms with van der Waals surface area (Å²) in [6.07, 6.45) is 1.43. The standard InChI is InChI=1S/C8H9N3O3/c1-5(8(13)14)10-7(12)6-3-2-4-9-11-6/h2-5H,1H3,(H,10,12)(H,13,14). The van der Waals surface area contributed by atoms with Crippen molar-refractivity contribution in [3.05, 3.63) is 24.0 Å². The average Bonchev–Trinajstić information content (AvgIpc) is 2.19. The highest BCUT2D eigenvalue weighted by molar-refractivity contribution is 5.94. The number of amides is 1. The van der Waals surface area contributed by atoms with Crippen LogP contribution >= 0.6 is 0 Å². The second kappa shape index (κ2) is 4.31. The smallest absolute Gasteiger partial charge is 0.325 e. The molecule has 1 amide bonds. The van der Waals surface area contributed by atoms with E-state index in [4.69, 9.17) is 5.11 Å². The first kappa shape index (κ1) is 10.1. The number of nitrogens with one attached hydrogen (secondary N) is 1. The lowest BCUT2D eigenvalue weighted by atomic mass is 10.3. The van der Waals surface area contributed by atoms with Crippen molar-refractivity contribution in [3.8, 4) is 0 Å². The Hall–Kier alpha value is -1.98. The average molecular weight is 195 g/mol. The lowest BCUT2D eigenvalue weighted by molar-refractivity contribution is -0.138. The normalized spacial score (nSPS) is 11.8. The lowest BCUT2D eigenvalue weighted by Gasteiger charge is -2.07. The molecule has 1 aromatic rings. The second-order valence-corrected chi connectivity index (χ2v) is 2.64. The van der Waals surface area contributed by atoms with E-state index in [2.05, 4.69) is 15.5 Å². The Bertz CT molecular complexity index is 339. The van der Waals surface area contributed by atoms with Gasteiger partial charge in [-0.15, -0.1) is 5.10 Å². The summed E-state index contributed by atoms with van der Waals surface area (Å²) in [5, 5.41) is 17.8. The van der Waals surface area contributed by atoms with Crippen LogP contribution in [0.4, 0.5) is 0 Å². The molecule has 1 rings (SSSR count). The highest BCUT2D eigenvalue weighted by Crippen LogP contribution is 1.92. The van der Waals surface area contributed by atoms with Crippen LogP contribution in [0.15, 0.2) is 18.3 Å². The van der Waals surface area contributed by atoms with Gasteiger partial charge >= 0.3 is 5.97 Å². The van der Waals surface area contributed by atoms with Gasteiger partial charge in [-0.1, -0.05) is 0 Å². The maximum atomic E-state index is 11.3. The maximum Gasteiger partial charge on any atom is 0.325 e. The van der Waals surface area contributed by atoms with E-state index in [-0.39, 0.29) is 5.69 Å². The SMILES string of the molecule is CC(NC(=O)c1cccnn1)C(=O)O. The quantitative estimate of drug-likeness (QED) is 0.689. The van der Waals surface area contributed by atoms with E-state index in [1.54, 1.807) is 6.07 Å². The van der Waals surface area contributed by atoms with E-state index in [1.165, 1.54) is 19.2 Å². The molecule has 0 aliphatic carbocycles. The molecule has 14 heavy (non-hydrogen) atoms. The molecule has 74 valence electrons. The fraction of sp³-hybridized carbons (Fsp3) is 0.250. The molecule has 1 atom stereocenters. The molecule has 1 aromatic heterocycles. The second-order valence-electron chi connectivity index (χ2n) is 2.64. The van der Waals surface area contributed by atoms with E-state index >= 15 is 0 Å². The van der Waals surface area contributed by atoms with Gasteiger partial charge in [-0.3, -0.25) is 9.59 Å². The summed E-state index contributed by atoms with van der Waals surface area (Å²) in [5.41, 5.74) is 0.0978. The summed E-state index contributed by atoms with van der Waals surface area (Å²) >= 11 is 0. The number of aliphatic carboxylic acids is 1. The Balaban J connectivity index is 2.64. The van der Waals surface area contributed by atoms with Gasteiger partial charge in [-0.25, -0.2) is 0 Å². The molecule has 0 aliphatic heterocycles. The van der Waals surface area contributed by atoms with Gasteiger partial charge in [0.2, 0.25) is 0 Å². The van der Waals surface area contributed by atoms with E-state index in [1.807, 2.05) is 0 Å². The Labute approximate surface area is 80.0 Å². The predicted octanol–water partition coefficient (Wildman–Crippen LogP) is -0.321. The number of rotatable bonds is 3. The van der Waals surface area contributed by atoms with Crippen LogP contribution in [0.5, 0.6) is 0 Å². The van der Waals surface area contributed by atoms with Crippen molar-refractivity contribution in [2.45, 2.75) is 13.0 Å². The van der Waals surface area contributed by atoms with E-state index in [9.17, 15) is 9.59 Å². The van der Waals surface area contributed by atoms with Gasteiger partial charge < -0.3 is 10.4 Å². The number of hydrogen-bond acceptors (Lipinski definition) is 4. The van der Waals surface area contributed by atoms with E-state index in [0.717, 1.165) is 0 Å². The van der Waals surface area contributed by atoms with E-state index in [0.29, 0.717) is 0 Å². The van der Waals surface area contributed by atoms with Crippen molar-refractivity contribution in [1.29, 1.82) is 0 Å². The lowest BCUT2D eigenvalue weighted by Crippen LogP contribution is -2.38. The molecule has 6 heteroatoms. The number of carboxylic acid groups (broad SMARTS) is 1. The number of carbonyl (C=O) groups is 2. The van der Waals surface area contributed by atoms with Crippen LogP contribution in [-0.4, -0.2) is 33.2 Å². The first-order valence-corrected chi connectivity index (χ1v) is 3.92. The highest BCUT2D eigenvalue weighted by atomic mass is 16.4. The van der Waals surface area contributed by atoms with Crippen molar-refractivity contribution >= 4 is 11.9 Å². The van der Waals surface area contributed by atoms with Crippen LogP contribution in [0.2, 0.25) is 0 Å². The van der Waals surface area contributed by atoms with Gasteiger partial charge in [0.1, 0.15) is 6.04 Å². The molecule has 6 nitrogen and oxygen atoms in total. The van der Waals surface area contributed by atoms with Gasteiger partial charge in [0.15, 0.2) is 5.69 Å². The minimum Gasteiger partial charge on any atom is -0.480 e. The highest BCUT2D eigenvalue weighted by Gasteiger charge is 2.15. The maximum absolute atomic E-state index is 11.3. The molecule has 0 saturated carbocycles. The summed E-state index contributed by atoms with van der Waals surface area (Å²) in [7, 11) is 0. The summed E-state index contributed by atoms with van der Waals surface area (Å²) in [6.45, 7) is 1.37. The molecule has 1 unspecified atom stereocenters. The molecule has 1 heterocycles. The zero-order chi connectivity index (χ0) is 10.6. The van der Waals surface area contributed by atoms with Crippen molar-refractivity contribution in [1.82, 2.24) is 15.5 Å². The summed E-state index contributed by atoms with van der Waals surface area (Å²) in [5.74, 6) is -1.64. The largest absolute Gasteiger partial charge is 0.480 e. The van der Waals surface area contributed by atoms with Crippen LogP contribution in [0, 0.1) is 0 Å². The number of hydrogen-bond donors (Lipinski definition) is 2. The summed E-state index contributed by atoms with van der Waals surface area (Å²) < 4.78 is 0. The molecule has 0 aliphatic rings. The summed E-state index contributed by atoms with van der Waals surface area (Å²) in [6, 6.07) is 2.06. The van der Waals surface area contributed by atoms with Gasteiger partial charge in [-0.2, -0.15) is 5.10 Å². The molecular weight excluding hydrogens is 186 g/mol. The van der Waals surface area contributed by atoms with E-state index < -0.39 is 17.9 Å². The van der Waals surface area contributed by atoms with Gasteiger partial charge in [0.05, 0.1) is 0 Å². The molecular formula is C8H9N3O3. The molecule has 2 N–H and O–H groups in total. The zero-order valence-corrected chi connectivity index (χ0v) is 7.47. The Morgan fingerprint density at radius 3 is 2.79 bits per heavy atom. The van der Waals surface area contributed by atoms with Crippen LogP contribution in [0.3, 0.4) is 0 Å². The Morgan fingerprint density at radius 1 is 1.57 bits per heavy atom. The van der Waals surface area contributed by atoms with Crippen LogP contribution in [0.25, 0.3) is 0 Å². The minimum absolute atomic E-state index is 0.0978. The van der Waals surface area contributed by atoms with Gasteiger partial charge in [0.25, 0.3) is 5.91 Å². The molecule has 0 radical (unpaired) electrons. The first-order valence-electron chi connectivity index (χ1n) is 3.92. The van der Waals surface area contributed by atoms with Crippen LogP contribution in [0.1, 0.15) is 17.4 Å². The van der Waals surface area contributed by atoms with Crippen LogP contribution < -0.4 is 5.32 Å². The molecule has 0 spiro atoms. The molecule has 0 aromatic carbocycles. The fourth-order valence-corrected chi connectivity index (χ4v) is 0.755. The number of carbonyl (C=O) groups excluding carboxylic acids is 1. The van der Waals surface area contributed by atoms with Crippen molar-refractivity contribution in [2.75, 3.05) is 0 Å². The number of nitrogens with zero attached hydrogens (tertiary/aromatic N) is 2. The third kappa shape index (κ3) is 2.51. The topological polar surface area (TPSA) is 92.2 Å². The third-order valence-corrected chi connectivity index (χ3v) is 1.52. The minimum atomic E-state index is -1.10. The molecule has 0 bridgehead atoms. The van der Waals surface area contributed by atoms with Crippen molar-refractivity contribution in [3.63, 3.8) is 0 Å². The fourth-order valence-electron chi connectivity index (χ4n) is 0.755. The van der Waals surface area contributed by atoms with Gasteiger partial charge in [0, 0.05) is 6.20 Å². The monoisotopic (exact) mass is 195 g/mol. The third-order valence-electron chi connectivity index (χ3n) is 1.52. The van der Waals surface area contributed by atoms with Crippen molar-refractivity contribution in [2.24, 2.45) is 0 Å². The predicted molar refractivity (Wildman–Crippen MR) is 46.6 cm³/mol. The van der Waals surface area contributed by atoms with Gasteiger partial charge in [-0.05, 0) is 19.1 Å².